The van der Waals surface area contributed by atoms with Crippen molar-refractivity contribution in [2.45, 2.75) is 24.7 Å². The number of amides is 2. The first-order chi connectivity index (χ1) is 15.7. The van der Waals surface area contributed by atoms with Crippen LogP contribution in [0.3, 0.4) is 0 Å². The number of piperidine rings is 1. The number of rotatable bonds is 7. The molecule has 10 nitrogen and oxygen atoms in total. The summed E-state index contributed by atoms with van der Waals surface area (Å²) in [5.74, 6) is -1.28. The number of nitrogens with zero attached hydrogens (tertiary/aromatic N) is 3. The number of carbonyl (C=O) groups excluding carboxylic acids is 3. The first-order valence-electron chi connectivity index (χ1n) is 11.1. The zero-order valence-electron chi connectivity index (χ0n) is 19.1. The van der Waals surface area contributed by atoms with E-state index in [1.807, 2.05) is 0 Å². The Kier molecular flexibility index (Phi) is 8.44. The first kappa shape index (κ1) is 25.1. The van der Waals surface area contributed by atoms with Crippen LogP contribution < -0.4 is 0 Å². The smallest absolute Gasteiger partial charge is 0.310 e. The monoisotopic (exact) mass is 481 g/mol. The second-order valence-corrected chi connectivity index (χ2v) is 10.1. The second kappa shape index (κ2) is 11.1. The van der Waals surface area contributed by atoms with Gasteiger partial charge in [-0.15, -0.1) is 0 Å². The number of ether oxygens (including phenoxy) is 2. The van der Waals surface area contributed by atoms with Crippen molar-refractivity contribution in [1.29, 1.82) is 0 Å². The second-order valence-electron chi connectivity index (χ2n) is 8.13. The Morgan fingerprint density at radius 2 is 1.79 bits per heavy atom. The van der Waals surface area contributed by atoms with Crippen molar-refractivity contribution < 1.29 is 32.3 Å². The molecule has 0 radical (unpaired) electrons. The predicted molar refractivity (Wildman–Crippen MR) is 119 cm³/mol. The summed E-state index contributed by atoms with van der Waals surface area (Å²) in [5.41, 5.74) is 0.286. The average Bonchev–Trinajstić information content (AvgIpc) is 2.84. The van der Waals surface area contributed by atoms with Gasteiger partial charge in [-0.25, -0.2) is 8.42 Å². The van der Waals surface area contributed by atoms with E-state index in [2.05, 4.69) is 0 Å². The molecule has 33 heavy (non-hydrogen) atoms. The highest BCUT2D eigenvalue weighted by atomic mass is 32.2. The minimum absolute atomic E-state index is 0.109. The first-order valence-corrected chi connectivity index (χ1v) is 12.6. The number of likely N-dealkylation sites (tertiary alicyclic amines) is 1. The lowest BCUT2D eigenvalue weighted by atomic mass is 9.98. The third-order valence-corrected chi connectivity index (χ3v) is 7.74. The molecule has 0 bridgehead atoms. The minimum atomic E-state index is -3.64. The number of esters is 1. The van der Waals surface area contributed by atoms with Crippen molar-refractivity contribution in [3.8, 4) is 0 Å². The highest BCUT2D eigenvalue weighted by Crippen LogP contribution is 2.20. The van der Waals surface area contributed by atoms with E-state index < -0.39 is 15.9 Å². The lowest BCUT2D eigenvalue weighted by molar-refractivity contribution is -0.151. The van der Waals surface area contributed by atoms with Gasteiger partial charge in [0.1, 0.15) is 0 Å². The Balaban J connectivity index is 1.59. The van der Waals surface area contributed by atoms with E-state index in [0.29, 0.717) is 52.3 Å². The van der Waals surface area contributed by atoms with Crippen LogP contribution in [0.5, 0.6) is 0 Å². The van der Waals surface area contributed by atoms with Crippen LogP contribution in [0.15, 0.2) is 29.2 Å². The number of carbonyl (C=O) groups is 3. The van der Waals surface area contributed by atoms with Crippen LogP contribution in [0.1, 0.15) is 30.1 Å². The summed E-state index contributed by atoms with van der Waals surface area (Å²) >= 11 is 0. The van der Waals surface area contributed by atoms with E-state index >= 15 is 0 Å². The van der Waals surface area contributed by atoms with Crippen LogP contribution in [-0.2, 0) is 29.1 Å². The molecule has 2 aliphatic heterocycles. The van der Waals surface area contributed by atoms with Gasteiger partial charge in [0.05, 0.1) is 37.2 Å². The molecule has 2 heterocycles. The SMILES string of the molecule is CCOC(=O)C1CCCN(C(=O)CN(C)C(=O)c2ccc(S(=O)(=O)N3CCOCC3)cc2)C1. The molecule has 2 fully saturated rings. The van der Waals surface area contributed by atoms with Gasteiger partial charge < -0.3 is 19.3 Å². The van der Waals surface area contributed by atoms with Crippen molar-refractivity contribution in [2.24, 2.45) is 5.92 Å². The quantitative estimate of drug-likeness (QED) is 0.524. The molecule has 182 valence electrons. The molecule has 0 spiro atoms. The maximum absolute atomic E-state index is 12.8. The van der Waals surface area contributed by atoms with E-state index in [4.69, 9.17) is 9.47 Å². The minimum Gasteiger partial charge on any atom is -0.466 e. The van der Waals surface area contributed by atoms with Gasteiger partial charge in [0.2, 0.25) is 15.9 Å². The summed E-state index contributed by atoms with van der Waals surface area (Å²) in [4.78, 5) is 40.5. The van der Waals surface area contributed by atoms with Gasteiger partial charge in [0.25, 0.3) is 5.91 Å². The molecule has 0 saturated carbocycles. The van der Waals surface area contributed by atoms with Crippen LogP contribution in [0, 0.1) is 5.92 Å². The summed E-state index contributed by atoms with van der Waals surface area (Å²) in [5, 5.41) is 0. The summed E-state index contributed by atoms with van der Waals surface area (Å²) in [6, 6.07) is 5.72. The maximum Gasteiger partial charge on any atom is 0.310 e. The molecule has 11 heteroatoms. The maximum atomic E-state index is 12.8. The van der Waals surface area contributed by atoms with Crippen molar-refractivity contribution in [3.63, 3.8) is 0 Å². The van der Waals surface area contributed by atoms with Crippen LogP contribution in [0.4, 0.5) is 0 Å². The fourth-order valence-corrected chi connectivity index (χ4v) is 5.36. The van der Waals surface area contributed by atoms with Gasteiger partial charge in [0.15, 0.2) is 0 Å². The highest BCUT2D eigenvalue weighted by Gasteiger charge is 2.30. The lowest BCUT2D eigenvalue weighted by Gasteiger charge is -2.32. The number of hydrogen-bond acceptors (Lipinski definition) is 7. The fraction of sp³-hybridized carbons (Fsp3) is 0.591. The molecule has 0 aromatic heterocycles. The standard InChI is InChI=1S/C22H31N3O7S/c1-3-32-22(28)18-5-4-10-24(15-18)20(26)16-23(2)21(27)17-6-8-19(9-7-17)33(29,30)25-11-13-31-14-12-25/h6-9,18H,3-5,10-16H2,1-2H3. The van der Waals surface area contributed by atoms with E-state index in [9.17, 15) is 22.8 Å². The predicted octanol–water partition coefficient (Wildman–Crippen LogP) is 0.581. The molecule has 0 aliphatic carbocycles. The van der Waals surface area contributed by atoms with Crippen molar-refractivity contribution in [1.82, 2.24) is 14.1 Å². The number of benzene rings is 1. The molecular weight excluding hydrogens is 450 g/mol. The molecule has 0 N–H and O–H groups in total. The molecular formula is C22H31N3O7S. The number of morpholine rings is 1. The van der Waals surface area contributed by atoms with Crippen molar-refractivity contribution in [3.05, 3.63) is 29.8 Å². The molecule has 2 saturated heterocycles. The van der Waals surface area contributed by atoms with E-state index in [0.717, 1.165) is 0 Å². The van der Waals surface area contributed by atoms with Crippen molar-refractivity contribution >= 4 is 27.8 Å². The van der Waals surface area contributed by atoms with Crippen LogP contribution >= 0.6 is 0 Å². The average molecular weight is 482 g/mol. The Hall–Kier alpha value is -2.50. The Morgan fingerprint density at radius 1 is 1.12 bits per heavy atom. The third-order valence-electron chi connectivity index (χ3n) is 5.82. The van der Waals surface area contributed by atoms with Crippen molar-refractivity contribution in [2.75, 3.05) is 59.6 Å². The zero-order chi connectivity index (χ0) is 24.0. The summed E-state index contributed by atoms with van der Waals surface area (Å²) in [6.07, 6.45) is 1.38. The van der Waals surface area contributed by atoms with Crippen LogP contribution in [0.25, 0.3) is 0 Å². The van der Waals surface area contributed by atoms with Gasteiger partial charge in [-0.1, -0.05) is 0 Å². The Labute approximate surface area is 194 Å². The molecule has 2 amide bonds. The molecule has 3 rings (SSSR count). The third kappa shape index (κ3) is 6.10. The van der Waals surface area contributed by atoms with Crippen LogP contribution in [0.2, 0.25) is 0 Å². The number of likely N-dealkylation sites (N-methyl/N-ethyl adjacent to an activating group) is 1. The largest absolute Gasteiger partial charge is 0.466 e. The molecule has 2 aliphatic rings. The van der Waals surface area contributed by atoms with E-state index in [1.54, 1.807) is 11.8 Å². The van der Waals surface area contributed by atoms with Gasteiger partial charge in [-0.05, 0) is 44.0 Å². The van der Waals surface area contributed by atoms with Gasteiger partial charge >= 0.3 is 5.97 Å². The normalized spacial score (nSPS) is 19.7. The zero-order valence-corrected chi connectivity index (χ0v) is 19.9. The molecule has 1 aromatic rings. The highest BCUT2D eigenvalue weighted by molar-refractivity contribution is 7.89. The summed E-state index contributed by atoms with van der Waals surface area (Å²) in [6.45, 7) is 4.02. The number of hydrogen-bond donors (Lipinski definition) is 0. The molecule has 1 unspecified atom stereocenters. The number of sulfonamides is 1. The Morgan fingerprint density at radius 3 is 2.42 bits per heavy atom. The van der Waals surface area contributed by atoms with E-state index in [1.165, 1.54) is 40.5 Å². The fourth-order valence-electron chi connectivity index (χ4n) is 3.96. The van der Waals surface area contributed by atoms with E-state index in [-0.39, 0.29) is 41.3 Å². The lowest BCUT2D eigenvalue weighted by Crippen LogP contribution is -2.47. The topological polar surface area (TPSA) is 114 Å². The van der Waals surface area contributed by atoms with Gasteiger partial charge in [-0.3, -0.25) is 14.4 Å². The molecule has 1 aromatic carbocycles. The summed E-state index contributed by atoms with van der Waals surface area (Å²) < 4.78 is 37.1. The van der Waals surface area contributed by atoms with Crippen LogP contribution in [-0.4, -0.2) is 99.9 Å². The molecule has 1 atom stereocenters. The Bertz CT molecular complexity index is 959. The van der Waals surface area contributed by atoms with Gasteiger partial charge in [0, 0.05) is 38.8 Å². The summed E-state index contributed by atoms with van der Waals surface area (Å²) in [7, 11) is -2.13. The van der Waals surface area contributed by atoms with Gasteiger partial charge in [-0.2, -0.15) is 4.31 Å².